The summed E-state index contributed by atoms with van der Waals surface area (Å²) < 4.78 is 19.2. The molecule has 1 aliphatic rings. The minimum absolute atomic E-state index is 0.143. The summed E-state index contributed by atoms with van der Waals surface area (Å²) in [6.45, 7) is 2.01. The Morgan fingerprint density at radius 2 is 1.76 bits per heavy atom. The molecule has 1 unspecified atom stereocenters. The molecule has 1 atom stereocenters. The molecule has 0 spiro atoms. The van der Waals surface area contributed by atoms with Gasteiger partial charge in [0.15, 0.2) is 0 Å². The fraction of sp³-hybridized carbons (Fsp3) is 0.154. The minimum atomic E-state index is -0.990. The number of hydrogen-bond donors (Lipinski definition) is 1. The van der Waals surface area contributed by atoms with E-state index in [1.54, 1.807) is 24.3 Å². The molecule has 1 heterocycles. The van der Waals surface area contributed by atoms with E-state index in [0.29, 0.717) is 10.6 Å². The normalized spacial score (nSPS) is 17.3. The summed E-state index contributed by atoms with van der Waals surface area (Å²) >= 11 is 12.1. The van der Waals surface area contributed by atoms with Crippen LogP contribution in [-0.4, -0.2) is 23.9 Å². The van der Waals surface area contributed by atoms with Gasteiger partial charge >= 0.3 is 0 Å². The monoisotopic (exact) mass is 499 g/mol. The lowest BCUT2D eigenvalue weighted by Crippen LogP contribution is -2.29. The number of ether oxygens (including phenoxy) is 1. The second-order valence-electron chi connectivity index (χ2n) is 7.71. The standard InChI is InChI=1S/C26H20Cl2FNO4/c1-3-14-4-6-15(7-5-14)23-22(24(31)18-12-16(27)8-11-21(18)34-2)25(32)26(33)30(23)17-9-10-20(29)19(28)13-17/h4-13,23,31H,3H2,1-2H3/b24-22+. The van der Waals surface area contributed by atoms with Gasteiger partial charge in [-0.3, -0.25) is 14.5 Å². The molecule has 0 bridgehead atoms. The van der Waals surface area contributed by atoms with E-state index in [9.17, 15) is 19.1 Å². The van der Waals surface area contributed by atoms with E-state index in [1.165, 1.54) is 30.2 Å². The first kappa shape index (κ1) is 23.8. The van der Waals surface area contributed by atoms with Crippen molar-refractivity contribution in [2.75, 3.05) is 12.0 Å². The van der Waals surface area contributed by atoms with Crippen molar-refractivity contribution in [1.29, 1.82) is 0 Å². The maximum Gasteiger partial charge on any atom is 0.300 e. The Bertz CT molecular complexity index is 1320. The average Bonchev–Trinajstić information content (AvgIpc) is 3.10. The van der Waals surface area contributed by atoms with Gasteiger partial charge in [-0.25, -0.2) is 4.39 Å². The van der Waals surface area contributed by atoms with Crippen molar-refractivity contribution >= 4 is 46.3 Å². The highest BCUT2D eigenvalue weighted by atomic mass is 35.5. The van der Waals surface area contributed by atoms with Crippen molar-refractivity contribution in [1.82, 2.24) is 0 Å². The SMILES string of the molecule is CCc1ccc(C2/C(=C(\O)c3cc(Cl)ccc3OC)C(=O)C(=O)N2c2ccc(F)c(Cl)c2)cc1. The second-order valence-corrected chi connectivity index (χ2v) is 8.55. The molecule has 4 rings (SSSR count). The van der Waals surface area contributed by atoms with Crippen LogP contribution in [0.5, 0.6) is 5.75 Å². The molecule has 1 saturated heterocycles. The predicted molar refractivity (Wildman–Crippen MR) is 130 cm³/mol. The van der Waals surface area contributed by atoms with Crippen LogP contribution >= 0.6 is 23.2 Å². The first-order valence-electron chi connectivity index (χ1n) is 10.5. The van der Waals surface area contributed by atoms with Gasteiger partial charge in [0.2, 0.25) is 0 Å². The molecular formula is C26H20Cl2FNO4. The van der Waals surface area contributed by atoms with Crippen LogP contribution in [0, 0.1) is 5.82 Å². The van der Waals surface area contributed by atoms with E-state index in [-0.39, 0.29) is 27.6 Å². The van der Waals surface area contributed by atoms with Gasteiger partial charge in [-0.05, 0) is 53.9 Å². The van der Waals surface area contributed by atoms with Crippen LogP contribution < -0.4 is 9.64 Å². The molecule has 0 aromatic heterocycles. The molecule has 34 heavy (non-hydrogen) atoms. The largest absolute Gasteiger partial charge is 0.507 e. The van der Waals surface area contributed by atoms with Crippen molar-refractivity contribution in [3.05, 3.63) is 98.8 Å². The fourth-order valence-corrected chi connectivity index (χ4v) is 4.34. The Labute approximate surface area is 206 Å². The summed E-state index contributed by atoms with van der Waals surface area (Å²) in [5.74, 6) is -2.59. The molecule has 0 aliphatic carbocycles. The van der Waals surface area contributed by atoms with E-state index in [4.69, 9.17) is 27.9 Å². The van der Waals surface area contributed by atoms with E-state index >= 15 is 0 Å². The van der Waals surface area contributed by atoms with Crippen molar-refractivity contribution in [2.24, 2.45) is 0 Å². The molecule has 0 saturated carbocycles. The van der Waals surface area contributed by atoms with E-state index in [2.05, 4.69) is 0 Å². The maximum absolute atomic E-state index is 13.8. The zero-order chi connectivity index (χ0) is 24.6. The number of aryl methyl sites for hydroxylation is 1. The summed E-state index contributed by atoms with van der Waals surface area (Å²) in [4.78, 5) is 27.7. The molecule has 1 N–H and O–H groups in total. The van der Waals surface area contributed by atoms with Crippen LogP contribution in [0.15, 0.2) is 66.2 Å². The topological polar surface area (TPSA) is 66.8 Å². The second kappa shape index (κ2) is 9.49. The van der Waals surface area contributed by atoms with Gasteiger partial charge in [-0.15, -0.1) is 0 Å². The smallest absolute Gasteiger partial charge is 0.300 e. The number of aliphatic hydroxyl groups excluding tert-OH is 1. The Kier molecular flexibility index (Phi) is 6.64. The number of anilines is 1. The Morgan fingerprint density at radius 1 is 1.06 bits per heavy atom. The Morgan fingerprint density at radius 3 is 2.38 bits per heavy atom. The number of hydrogen-bond acceptors (Lipinski definition) is 4. The number of nitrogens with zero attached hydrogens (tertiary/aromatic N) is 1. The highest BCUT2D eigenvalue weighted by Gasteiger charge is 2.47. The van der Waals surface area contributed by atoms with Crippen molar-refractivity contribution in [3.63, 3.8) is 0 Å². The number of rotatable bonds is 5. The summed E-state index contributed by atoms with van der Waals surface area (Å²) in [6.07, 6.45) is 0.799. The molecule has 1 aliphatic heterocycles. The molecule has 5 nitrogen and oxygen atoms in total. The molecule has 1 amide bonds. The van der Waals surface area contributed by atoms with Gasteiger partial charge in [0.25, 0.3) is 11.7 Å². The van der Waals surface area contributed by atoms with Gasteiger partial charge < -0.3 is 9.84 Å². The summed E-state index contributed by atoms with van der Waals surface area (Å²) in [7, 11) is 1.42. The van der Waals surface area contributed by atoms with Gasteiger partial charge in [-0.1, -0.05) is 54.4 Å². The van der Waals surface area contributed by atoms with E-state index < -0.39 is 29.3 Å². The van der Waals surface area contributed by atoms with Crippen LogP contribution in [-0.2, 0) is 16.0 Å². The molecule has 0 radical (unpaired) electrons. The van der Waals surface area contributed by atoms with Crippen LogP contribution in [0.4, 0.5) is 10.1 Å². The van der Waals surface area contributed by atoms with Crippen LogP contribution in [0.3, 0.4) is 0 Å². The molecule has 3 aromatic rings. The Balaban J connectivity index is 1.98. The molecule has 8 heteroatoms. The number of amides is 1. The number of benzene rings is 3. The third-order valence-corrected chi connectivity index (χ3v) is 6.27. The zero-order valence-corrected chi connectivity index (χ0v) is 19.8. The number of ketones is 1. The number of methoxy groups -OCH3 is 1. The van der Waals surface area contributed by atoms with Gasteiger partial charge in [-0.2, -0.15) is 0 Å². The van der Waals surface area contributed by atoms with Crippen molar-refractivity contribution < 1.29 is 23.8 Å². The van der Waals surface area contributed by atoms with Gasteiger partial charge in [0, 0.05) is 10.7 Å². The first-order chi connectivity index (χ1) is 16.3. The third-order valence-electron chi connectivity index (χ3n) is 5.75. The van der Waals surface area contributed by atoms with Crippen LogP contribution in [0.25, 0.3) is 5.76 Å². The summed E-state index contributed by atoms with van der Waals surface area (Å²) in [6, 6.07) is 14.7. The number of carbonyl (C=O) groups is 2. The van der Waals surface area contributed by atoms with E-state index in [0.717, 1.165) is 18.1 Å². The van der Waals surface area contributed by atoms with Crippen molar-refractivity contribution in [2.45, 2.75) is 19.4 Å². The number of carbonyl (C=O) groups excluding carboxylic acids is 2. The zero-order valence-electron chi connectivity index (χ0n) is 18.3. The molecule has 3 aromatic carbocycles. The van der Waals surface area contributed by atoms with E-state index in [1.807, 2.05) is 19.1 Å². The molecule has 174 valence electrons. The summed E-state index contributed by atoms with van der Waals surface area (Å²) in [5.41, 5.74) is 1.88. The minimum Gasteiger partial charge on any atom is -0.507 e. The summed E-state index contributed by atoms with van der Waals surface area (Å²) in [5, 5.41) is 11.4. The average molecular weight is 500 g/mol. The molecule has 1 fully saturated rings. The predicted octanol–water partition coefficient (Wildman–Crippen LogP) is 6.33. The third kappa shape index (κ3) is 4.15. The quantitative estimate of drug-likeness (QED) is 0.253. The highest BCUT2D eigenvalue weighted by Crippen LogP contribution is 2.44. The van der Waals surface area contributed by atoms with Gasteiger partial charge in [0.05, 0.1) is 29.3 Å². The van der Waals surface area contributed by atoms with Crippen molar-refractivity contribution in [3.8, 4) is 5.75 Å². The van der Waals surface area contributed by atoms with Gasteiger partial charge in [0.1, 0.15) is 17.3 Å². The molecular weight excluding hydrogens is 480 g/mol. The van der Waals surface area contributed by atoms with Crippen LogP contribution in [0.1, 0.15) is 29.7 Å². The first-order valence-corrected chi connectivity index (χ1v) is 11.2. The number of aliphatic hydroxyl groups is 1. The maximum atomic E-state index is 13.8. The lowest BCUT2D eigenvalue weighted by molar-refractivity contribution is -0.132. The number of Topliss-reactive ketones (excluding diaryl/α,β-unsaturated/α-hetero) is 1. The fourth-order valence-electron chi connectivity index (χ4n) is 4.00. The lowest BCUT2D eigenvalue weighted by atomic mass is 9.94. The highest BCUT2D eigenvalue weighted by molar-refractivity contribution is 6.52. The number of halogens is 3. The van der Waals surface area contributed by atoms with Crippen LogP contribution in [0.2, 0.25) is 10.0 Å². The Hall–Kier alpha value is -3.35. The lowest BCUT2D eigenvalue weighted by Gasteiger charge is -2.26.